The van der Waals surface area contributed by atoms with Gasteiger partial charge in [-0.25, -0.2) is 4.99 Å². The number of primary amides is 1. The van der Waals surface area contributed by atoms with Gasteiger partial charge >= 0.3 is 0 Å². The average Bonchev–Trinajstić information content (AvgIpc) is 2.55. The number of carbonyl (C=O) groups is 1. The predicted octanol–water partition coefficient (Wildman–Crippen LogP) is 2.61. The van der Waals surface area contributed by atoms with Gasteiger partial charge in [0.1, 0.15) is 0 Å². The fraction of sp³-hybridized carbons (Fsp3) is 0.222. The Morgan fingerprint density at radius 2 is 1.75 bits per heavy atom. The number of nitrogens with zero attached hydrogens (tertiary/aromatic N) is 2. The van der Waals surface area contributed by atoms with Crippen molar-refractivity contribution in [1.29, 1.82) is 0 Å². The number of benzene rings is 2. The zero-order valence-corrected chi connectivity index (χ0v) is 16.2. The lowest BCUT2D eigenvalue weighted by atomic mass is 10.1. The van der Waals surface area contributed by atoms with Gasteiger partial charge in [-0.05, 0) is 23.3 Å². The van der Waals surface area contributed by atoms with Gasteiger partial charge in [0.05, 0.1) is 6.54 Å². The Morgan fingerprint density at radius 1 is 1.08 bits per heavy atom. The second-order valence-corrected chi connectivity index (χ2v) is 5.44. The molecule has 0 unspecified atom stereocenters. The van der Waals surface area contributed by atoms with Crippen molar-refractivity contribution in [2.45, 2.75) is 13.1 Å². The van der Waals surface area contributed by atoms with Gasteiger partial charge in [0.2, 0.25) is 5.91 Å². The van der Waals surface area contributed by atoms with Crippen LogP contribution in [0.4, 0.5) is 0 Å². The van der Waals surface area contributed by atoms with Crippen LogP contribution in [0.1, 0.15) is 21.5 Å². The minimum absolute atomic E-state index is 0. The molecule has 0 saturated heterocycles. The molecule has 6 heteroatoms. The second kappa shape index (κ2) is 9.92. The highest BCUT2D eigenvalue weighted by Gasteiger charge is 2.04. The van der Waals surface area contributed by atoms with Gasteiger partial charge in [-0.15, -0.1) is 24.0 Å². The van der Waals surface area contributed by atoms with Gasteiger partial charge in [0, 0.05) is 26.2 Å². The highest BCUT2D eigenvalue weighted by molar-refractivity contribution is 14.0. The molecule has 0 bridgehead atoms. The average molecular weight is 438 g/mol. The molecule has 2 aromatic carbocycles. The number of hydrogen-bond donors (Lipinski definition) is 2. The summed E-state index contributed by atoms with van der Waals surface area (Å²) in [5.41, 5.74) is 7.94. The van der Waals surface area contributed by atoms with Crippen LogP contribution in [-0.4, -0.2) is 30.9 Å². The Kier molecular flexibility index (Phi) is 8.25. The van der Waals surface area contributed by atoms with Crippen LogP contribution in [0.2, 0.25) is 0 Å². The first-order chi connectivity index (χ1) is 11.1. The summed E-state index contributed by atoms with van der Waals surface area (Å²) >= 11 is 0. The normalized spacial score (nSPS) is 10.7. The number of nitrogens with one attached hydrogen (secondary N) is 1. The topological polar surface area (TPSA) is 70.7 Å². The fourth-order valence-corrected chi connectivity index (χ4v) is 2.12. The van der Waals surface area contributed by atoms with E-state index >= 15 is 0 Å². The summed E-state index contributed by atoms with van der Waals surface area (Å²) in [7, 11) is 3.88. The SMILES string of the molecule is CN(C)C(=NCc1cccc(C(N)=O)c1)NCc1ccccc1.I. The Labute approximate surface area is 160 Å². The van der Waals surface area contributed by atoms with Crippen molar-refractivity contribution >= 4 is 35.8 Å². The molecule has 2 rings (SSSR count). The minimum Gasteiger partial charge on any atom is -0.366 e. The minimum atomic E-state index is -0.425. The number of aliphatic imine (C=N–C) groups is 1. The lowest BCUT2D eigenvalue weighted by molar-refractivity contribution is 0.1000. The number of rotatable bonds is 5. The third-order valence-electron chi connectivity index (χ3n) is 3.34. The molecular weight excluding hydrogens is 415 g/mol. The number of guanidine groups is 1. The first kappa shape index (κ1) is 20.0. The molecule has 0 aromatic heterocycles. The molecule has 0 spiro atoms. The van der Waals surface area contributed by atoms with E-state index in [4.69, 9.17) is 5.73 Å². The summed E-state index contributed by atoms with van der Waals surface area (Å²) < 4.78 is 0. The molecule has 128 valence electrons. The van der Waals surface area contributed by atoms with Gasteiger partial charge in [-0.1, -0.05) is 42.5 Å². The van der Waals surface area contributed by atoms with Crippen LogP contribution >= 0.6 is 24.0 Å². The van der Waals surface area contributed by atoms with E-state index in [0.29, 0.717) is 18.7 Å². The predicted molar refractivity (Wildman–Crippen MR) is 108 cm³/mol. The van der Waals surface area contributed by atoms with E-state index in [1.807, 2.05) is 49.3 Å². The van der Waals surface area contributed by atoms with Crippen LogP contribution < -0.4 is 11.1 Å². The first-order valence-electron chi connectivity index (χ1n) is 7.44. The number of amides is 1. The maximum Gasteiger partial charge on any atom is 0.248 e. The van der Waals surface area contributed by atoms with Gasteiger partial charge in [-0.3, -0.25) is 4.79 Å². The summed E-state index contributed by atoms with van der Waals surface area (Å²) in [5.74, 6) is 0.365. The van der Waals surface area contributed by atoms with Gasteiger partial charge < -0.3 is 16.0 Å². The molecule has 0 heterocycles. The summed E-state index contributed by atoms with van der Waals surface area (Å²) in [6.07, 6.45) is 0. The highest BCUT2D eigenvalue weighted by Crippen LogP contribution is 2.06. The standard InChI is InChI=1S/C18H22N4O.HI/c1-22(2)18(20-12-14-7-4-3-5-8-14)21-13-15-9-6-10-16(11-15)17(19)23;/h3-11H,12-13H2,1-2H3,(H2,19,23)(H,20,21);1H. The van der Waals surface area contributed by atoms with Crippen LogP contribution in [0.5, 0.6) is 0 Å². The van der Waals surface area contributed by atoms with E-state index in [-0.39, 0.29) is 24.0 Å². The molecule has 0 aliphatic rings. The van der Waals surface area contributed by atoms with Crippen molar-refractivity contribution in [2.24, 2.45) is 10.7 Å². The smallest absolute Gasteiger partial charge is 0.248 e. The number of nitrogens with two attached hydrogens (primary N) is 1. The van der Waals surface area contributed by atoms with Gasteiger partial charge in [0.15, 0.2) is 5.96 Å². The van der Waals surface area contributed by atoms with Gasteiger partial charge in [0.25, 0.3) is 0 Å². The van der Waals surface area contributed by atoms with Crippen molar-refractivity contribution in [3.8, 4) is 0 Å². The van der Waals surface area contributed by atoms with E-state index in [9.17, 15) is 4.79 Å². The zero-order valence-electron chi connectivity index (χ0n) is 13.9. The Balaban J connectivity index is 0.00000288. The molecule has 0 atom stereocenters. The van der Waals surface area contributed by atoms with Crippen LogP contribution in [0.15, 0.2) is 59.6 Å². The summed E-state index contributed by atoms with van der Waals surface area (Å²) in [5, 5.41) is 3.33. The number of halogens is 1. The molecular formula is C18H23IN4O. The highest BCUT2D eigenvalue weighted by atomic mass is 127. The third kappa shape index (κ3) is 6.19. The first-order valence-corrected chi connectivity index (χ1v) is 7.44. The Morgan fingerprint density at radius 3 is 2.38 bits per heavy atom. The summed E-state index contributed by atoms with van der Waals surface area (Å²) in [4.78, 5) is 17.7. The van der Waals surface area contributed by atoms with Crippen LogP contribution in [0, 0.1) is 0 Å². The van der Waals surface area contributed by atoms with E-state index in [1.54, 1.807) is 12.1 Å². The molecule has 24 heavy (non-hydrogen) atoms. The Bertz CT molecular complexity index is 686. The third-order valence-corrected chi connectivity index (χ3v) is 3.34. The molecule has 3 N–H and O–H groups in total. The maximum absolute atomic E-state index is 11.2. The number of hydrogen-bond acceptors (Lipinski definition) is 2. The van der Waals surface area contributed by atoms with Crippen molar-refractivity contribution in [3.05, 3.63) is 71.3 Å². The lowest BCUT2D eigenvalue weighted by Gasteiger charge is -2.17. The van der Waals surface area contributed by atoms with Crippen LogP contribution in [0.3, 0.4) is 0 Å². The van der Waals surface area contributed by atoms with E-state index in [2.05, 4.69) is 22.4 Å². The quantitative estimate of drug-likeness (QED) is 0.429. The summed E-state index contributed by atoms with van der Waals surface area (Å²) in [6.45, 7) is 1.19. The van der Waals surface area contributed by atoms with E-state index in [0.717, 1.165) is 11.5 Å². The van der Waals surface area contributed by atoms with E-state index < -0.39 is 5.91 Å². The second-order valence-electron chi connectivity index (χ2n) is 5.44. The molecule has 5 nitrogen and oxygen atoms in total. The monoisotopic (exact) mass is 438 g/mol. The maximum atomic E-state index is 11.2. The number of carbonyl (C=O) groups excluding carboxylic acids is 1. The Hall–Kier alpha value is -2.09. The van der Waals surface area contributed by atoms with Crippen LogP contribution in [-0.2, 0) is 13.1 Å². The molecule has 0 aliphatic heterocycles. The van der Waals surface area contributed by atoms with E-state index in [1.165, 1.54) is 5.56 Å². The van der Waals surface area contributed by atoms with Crippen LogP contribution in [0.25, 0.3) is 0 Å². The van der Waals surface area contributed by atoms with Crippen molar-refractivity contribution in [2.75, 3.05) is 14.1 Å². The molecule has 0 aliphatic carbocycles. The van der Waals surface area contributed by atoms with Crippen molar-refractivity contribution in [1.82, 2.24) is 10.2 Å². The largest absolute Gasteiger partial charge is 0.366 e. The fourth-order valence-electron chi connectivity index (χ4n) is 2.12. The molecule has 2 aromatic rings. The van der Waals surface area contributed by atoms with Crippen molar-refractivity contribution in [3.63, 3.8) is 0 Å². The van der Waals surface area contributed by atoms with Gasteiger partial charge in [-0.2, -0.15) is 0 Å². The molecule has 0 radical (unpaired) electrons. The lowest BCUT2D eigenvalue weighted by Crippen LogP contribution is -2.36. The molecule has 0 saturated carbocycles. The van der Waals surface area contributed by atoms with Crippen molar-refractivity contribution < 1.29 is 4.79 Å². The zero-order chi connectivity index (χ0) is 16.7. The molecule has 1 amide bonds. The summed E-state index contributed by atoms with van der Waals surface area (Å²) in [6, 6.07) is 17.4. The molecule has 0 fully saturated rings.